The number of nitrogens with one attached hydrogen (secondary N) is 3. The molecule has 8 heteroatoms. The second-order valence-corrected chi connectivity index (χ2v) is 7.28. The molecule has 1 atom stereocenters. The molecule has 3 N–H and O–H groups in total. The van der Waals surface area contributed by atoms with Gasteiger partial charge >= 0.3 is 0 Å². The van der Waals surface area contributed by atoms with Crippen LogP contribution in [0.4, 0.5) is 0 Å². The molecule has 152 valence electrons. The average molecular weight is 395 g/mol. The van der Waals surface area contributed by atoms with Gasteiger partial charge in [-0.25, -0.2) is 4.98 Å². The lowest BCUT2D eigenvalue weighted by Gasteiger charge is -2.37. The molecule has 2 heterocycles. The Labute approximate surface area is 169 Å². The largest absolute Gasteiger partial charge is 0.355 e. The Morgan fingerprint density at radius 1 is 1.28 bits per heavy atom. The summed E-state index contributed by atoms with van der Waals surface area (Å²) in [6.07, 6.45) is 5.39. The first-order valence-electron chi connectivity index (χ1n) is 9.46. The first kappa shape index (κ1) is 20.3. The first-order chi connectivity index (χ1) is 13.9. The number of benzene rings is 1. The van der Waals surface area contributed by atoms with E-state index in [0.29, 0.717) is 19.5 Å². The maximum atomic E-state index is 13.0. The molecule has 0 saturated carbocycles. The van der Waals surface area contributed by atoms with E-state index in [4.69, 9.17) is 0 Å². The highest BCUT2D eigenvalue weighted by molar-refractivity contribution is 6.19. The molecule has 1 aromatic heterocycles. The van der Waals surface area contributed by atoms with Crippen LogP contribution in [0.3, 0.4) is 0 Å². The lowest BCUT2D eigenvalue weighted by Crippen LogP contribution is -2.52. The van der Waals surface area contributed by atoms with Gasteiger partial charge in [0.2, 0.25) is 5.91 Å². The highest BCUT2D eigenvalue weighted by Gasteiger charge is 2.42. The molecule has 3 rings (SSSR count). The monoisotopic (exact) mass is 395 g/mol. The molecule has 1 unspecified atom stereocenters. The summed E-state index contributed by atoms with van der Waals surface area (Å²) in [5.41, 5.74) is 0.821. The Hall–Kier alpha value is -3.42. The van der Waals surface area contributed by atoms with Crippen LogP contribution < -0.4 is 10.6 Å². The number of carbonyl (C=O) groups is 3. The van der Waals surface area contributed by atoms with Gasteiger partial charge in [-0.3, -0.25) is 14.4 Å². The molecule has 0 saturated heterocycles. The van der Waals surface area contributed by atoms with Gasteiger partial charge in [0.25, 0.3) is 11.8 Å². The number of hydrogen-bond donors (Lipinski definition) is 3. The van der Waals surface area contributed by atoms with Crippen LogP contribution in [0.2, 0.25) is 0 Å². The molecule has 1 aromatic carbocycles. The zero-order valence-corrected chi connectivity index (χ0v) is 16.6. The van der Waals surface area contributed by atoms with Crippen LogP contribution >= 0.6 is 0 Å². The second-order valence-electron chi connectivity index (χ2n) is 7.28. The number of rotatable bonds is 7. The van der Waals surface area contributed by atoms with E-state index >= 15 is 0 Å². The van der Waals surface area contributed by atoms with Crippen LogP contribution in [-0.4, -0.2) is 52.7 Å². The minimum absolute atomic E-state index is 0.0131. The normalized spacial score (nSPS) is 18.9. The lowest BCUT2D eigenvalue weighted by molar-refractivity contribution is -0.136. The van der Waals surface area contributed by atoms with Gasteiger partial charge in [0.15, 0.2) is 0 Å². The fourth-order valence-corrected chi connectivity index (χ4v) is 3.36. The van der Waals surface area contributed by atoms with E-state index in [0.717, 1.165) is 11.3 Å². The molecule has 0 bridgehead atoms. The van der Waals surface area contributed by atoms with Crippen molar-refractivity contribution in [1.82, 2.24) is 25.5 Å². The molecule has 1 aliphatic heterocycles. The maximum Gasteiger partial charge on any atom is 0.259 e. The third kappa shape index (κ3) is 4.71. The molecule has 2 aromatic rings. The van der Waals surface area contributed by atoms with Crippen molar-refractivity contribution in [3.63, 3.8) is 0 Å². The van der Waals surface area contributed by atoms with Crippen molar-refractivity contribution in [2.75, 3.05) is 20.1 Å². The summed E-state index contributed by atoms with van der Waals surface area (Å²) >= 11 is 0. The third-order valence-corrected chi connectivity index (χ3v) is 4.94. The molecular weight excluding hydrogens is 370 g/mol. The number of imidazole rings is 1. The average Bonchev–Trinajstić information content (AvgIpc) is 3.24. The Morgan fingerprint density at radius 2 is 2.03 bits per heavy atom. The smallest absolute Gasteiger partial charge is 0.259 e. The zero-order valence-electron chi connectivity index (χ0n) is 16.6. The van der Waals surface area contributed by atoms with Gasteiger partial charge < -0.3 is 20.5 Å². The molecule has 0 fully saturated rings. The summed E-state index contributed by atoms with van der Waals surface area (Å²) in [4.78, 5) is 46.6. The SMILES string of the molecule is CNC(=O)C1=CC(C)(C(=O)NCCc2cnc[nH]2)CN(Cc2ccccc2)C1=O. The van der Waals surface area contributed by atoms with Crippen LogP contribution in [0.1, 0.15) is 18.2 Å². The quantitative estimate of drug-likeness (QED) is 0.603. The second kappa shape index (κ2) is 8.72. The zero-order chi connectivity index (χ0) is 20.9. The minimum Gasteiger partial charge on any atom is -0.355 e. The van der Waals surface area contributed by atoms with Crippen molar-refractivity contribution in [2.24, 2.45) is 5.41 Å². The standard InChI is InChI=1S/C21H25N5O3/c1-21(20(29)24-9-8-16-11-23-14-25-16)10-17(18(27)22-2)19(28)26(13-21)12-15-6-4-3-5-7-15/h3-7,10-11,14H,8-9,12-13H2,1-2H3,(H,22,27)(H,23,25)(H,24,29). The number of likely N-dealkylation sites (N-methyl/N-ethyl adjacent to an activating group) is 1. The van der Waals surface area contributed by atoms with E-state index in [1.165, 1.54) is 13.1 Å². The van der Waals surface area contributed by atoms with E-state index in [9.17, 15) is 14.4 Å². The van der Waals surface area contributed by atoms with Crippen molar-refractivity contribution in [2.45, 2.75) is 19.9 Å². The van der Waals surface area contributed by atoms with E-state index in [2.05, 4.69) is 20.6 Å². The number of aromatic amines is 1. The van der Waals surface area contributed by atoms with E-state index in [1.54, 1.807) is 24.3 Å². The fourth-order valence-electron chi connectivity index (χ4n) is 3.36. The maximum absolute atomic E-state index is 13.0. The van der Waals surface area contributed by atoms with Crippen LogP contribution in [0.15, 0.2) is 54.5 Å². The summed E-state index contributed by atoms with van der Waals surface area (Å²) in [6.45, 7) is 2.68. The number of carbonyl (C=O) groups excluding carboxylic acids is 3. The summed E-state index contributed by atoms with van der Waals surface area (Å²) in [6, 6.07) is 9.50. The summed E-state index contributed by atoms with van der Waals surface area (Å²) in [5, 5.41) is 5.40. The molecule has 29 heavy (non-hydrogen) atoms. The Balaban J connectivity index is 1.78. The predicted molar refractivity (Wildman–Crippen MR) is 107 cm³/mol. The van der Waals surface area contributed by atoms with Gasteiger partial charge in [-0.05, 0) is 18.6 Å². The first-order valence-corrected chi connectivity index (χ1v) is 9.46. The van der Waals surface area contributed by atoms with Crippen molar-refractivity contribution >= 4 is 17.7 Å². The Bertz CT molecular complexity index is 908. The van der Waals surface area contributed by atoms with Crippen molar-refractivity contribution < 1.29 is 14.4 Å². The van der Waals surface area contributed by atoms with Crippen molar-refractivity contribution in [3.8, 4) is 0 Å². The summed E-state index contributed by atoms with van der Waals surface area (Å²) < 4.78 is 0. The van der Waals surface area contributed by atoms with E-state index in [1.807, 2.05) is 30.3 Å². The predicted octanol–water partition coefficient (Wildman–Crippen LogP) is 0.790. The van der Waals surface area contributed by atoms with Crippen LogP contribution in [0, 0.1) is 5.41 Å². The van der Waals surface area contributed by atoms with Gasteiger partial charge in [-0.2, -0.15) is 0 Å². The van der Waals surface area contributed by atoms with Crippen LogP contribution in [-0.2, 0) is 27.3 Å². The molecule has 0 radical (unpaired) electrons. The summed E-state index contributed by atoms with van der Waals surface area (Å²) in [5.74, 6) is -1.11. The highest BCUT2D eigenvalue weighted by atomic mass is 16.2. The van der Waals surface area contributed by atoms with Gasteiger partial charge in [0, 0.05) is 45.0 Å². The molecule has 0 spiro atoms. The van der Waals surface area contributed by atoms with Crippen molar-refractivity contribution in [3.05, 3.63) is 65.8 Å². The minimum atomic E-state index is -1.02. The van der Waals surface area contributed by atoms with Gasteiger partial charge in [-0.15, -0.1) is 0 Å². The summed E-state index contributed by atoms with van der Waals surface area (Å²) in [7, 11) is 1.47. The topological polar surface area (TPSA) is 107 Å². The molecule has 1 aliphatic rings. The third-order valence-electron chi connectivity index (χ3n) is 4.94. The number of amides is 3. The molecular formula is C21H25N5O3. The van der Waals surface area contributed by atoms with Gasteiger partial charge in [0.1, 0.15) is 5.57 Å². The van der Waals surface area contributed by atoms with E-state index in [-0.39, 0.29) is 23.9 Å². The number of aromatic nitrogens is 2. The number of H-pyrrole nitrogens is 1. The number of hydrogen-bond acceptors (Lipinski definition) is 4. The van der Waals surface area contributed by atoms with Crippen molar-refractivity contribution in [1.29, 1.82) is 0 Å². The Kier molecular flexibility index (Phi) is 6.11. The molecule has 8 nitrogen and oxygen atoms in total. The lowest BCUT2D eigenvalue weighted by atomic mass is 9.82. The Morgan fingerprint density at radius 3 is 2.69 bits per heavy atom. The van der Waals surface area contributed by atoms with Crippen LogP contribution in [0.25, 0.3) is 0 Å². The number of nitrogens with zero attached hydrogens (tertiary/aromatic N) is 2. The van der Waals surface area contributed by atoms with Gasteiger partial charge in [-0.1, -0.05) is 30.3 Å². The fraction of sp³-hybridized carbons (Fsp3) is 0.333. The highest BCUT2D eigenvalue weighted by Crippen LogP contribution is 2.29. The molecule has 3 amide bonds. The van der Waals surface area contributed by atoms with Crippen LogP contribution in [0.5, 0.6) is 0 Å². The molecule has 0 aliphatic carbocycles. The van der Waals surface area contributed by atoms with Gasteiger partial charge in [0.05, 0.1) is 11.7 Å². The van der Waals surface area contributed by atoms with E-state index < -0.39 is 11.3 Å².